The van der Waals surface area contributed by atoms with Crippen LogP contribution in [0.3, 0.4) is 0 Å². The number of hydrogen-bond donors (Lipinski definition) is 0. The van der Waals surface area contributed by atoms with Gasteiger partial charge in [-0.1, -0.05) is 19.1 Å². The van der Waals surface area contributed by atoms with Crippen molar-refractivity contribution >= 4 is 11.6 Å². The Morgan fingerprint density at radius 2 is 2.11 bits per heavy atom. The van der Waals surface area contributed by atoms with Gasteiger partial charge in [0, 0.05) is 6.42 Å². The minimum Gasteiger partial charge on any atom is -0.484 e. The summed E-state index contributed by atoms with van der Waals surface area (Å²) in [5, 5.41) is 0. The molecule has 2 unspecified atom stereocenters. The van der Waals surface area contributed by atoms with Crippen LogP contribution in [0.25, 0.3) is 0 Å². The van der Waals surface area contributed by atoms with Crippen molar-refractivity contribution in [2.45, 2.75) is 39.2 Å². The van der Waals surface area contributed by atoms with E-state index in [2.05, 4.69) is 6.92 Å². The van der Waals surface area contributed by atoms with Crippen molar-refractivity contribution in [1.29, 1.82) is 0 Å². The van der Waals surface area contributed by atoms with E-state index < -0.39 is 0 Å². The molecule has 0 bridgehead atoms. The number of benzene rings is 1. The van der Waals surface area contributed by atoms with Gasteiger partial charge in [-0.3, -0.25) is 4.79 Å². The molecule has 19 heavy (non-hydrogen) atoms. The van der Waals surface area contributed by atoms with E-state index in [4.69, 9.17) is 4.74 Å². The van der Waals surface area contributed by atoms with Gasteiger partial charge in [0.1, 0.15) is 11.4 Å². The molecule has 1 saturated carbocycles. The molecule has 3 heteroatoms. The van der Waals surface area contributed by atoms with Gasteiger partial charge in [-0.05, 0) is 44.2 Å². The van der Waals surface area contributed by atoms with Crippen molar-refractivity contribution < 1.29 is 9.53 Å². The summed E-state index contributed by atoms with van der Waals surface area (Å²) >= 11 is 0. The average Bonchev–Trinajstić information content (AvgIpc) is 3.02. The molecule has 0 aromatic heterocycles. The average molecular weight is 259 g/mol. The summed E-state index contributed by atoms with van der Waals surface area (Å²) in [6.45, 7) is 6.91. The number of anilines is 1. The molecule has 2 aliphatic rings. The zero-order valence-corrected chi connectivity index (χ0v) is 11.8. The molecule has 0 spiro atoms. The summed E-state index contributed by atoms with van der Waals surface area (Å²) in [5.41, 5.74) is 0.597. The molecule has 0 saturated heterocycles. The van der Waals surface area contributed by atoms with E-state index in [9.17, 15) is 4.79 Å². The molecule has 3 rings (SSSR count). The van der Waals surface area contributed by atoms with Crippen LogP contribution in [0.5, 0.6) is 5.75 Å². The first-order valence-corrected chi connectivity index (χ1v) is 7.05. The monoisotopic (exact) mass is 259 g/mol. The maximum Gasteiger partial charge on any atom is 0.227 e. The fourth-order valence-electron chi connectivity index (χ4n) is 2.80. The Morgan fingerprint density at radius 3 is 2.79 bits per heavy atom. The number of hydrogen-bond acceptors (Lipinski definition) is 2. The summed E-state index contributed by atoms with van der Waals surface area (Å²) in [6.07, 6.45) is 1.87. The number of rotatable bonds is 2. The van der Waals surface area contributed by atoms with Gasteiger partial charge in [0.05, 0.1) is 12.2 Å². The number of carbonyl (C=O) groups is 1. The molecule has 1 amide bonds. The van der Waals surface area contributed by atoms with E-state index in [-0.39, 0.29) is 11.5 Å². The van der Waals surface area contributed by atoms with Gasteiger partial charge in [0.25, 0.3) is 0 Å². The molecule has 0 N–H and O–H groups in total. The van der Waals surface area contributed by atoms with Crippen LogP contribution in [-0.2, 0) is 4.79 Å². The second kappa shape index (κ2) is 4.26. The van der Waals surface area contributed by atoms with E-state index in [1.54, 1.807) is 0 Å². The Labute approximate surface area is 114 Å². The van der Waals surface area contributed by atoms with E-state index in [0.29, 0.717) is 24.8 Å². The van der Waals surface area contributed by atoms with Gasteiger partial charge in [-0.15, -0.1) is 0 Å². The maximum absolute atomic E-state index is 12.5. The number of amides is 1. The van der Waals surface area contributed by atoms with Gasteiger partial charge in [0.2, 0.25) is 5.91 Å². The molecular weight excluding hydrogens is 238 g/mol. The van der Waals surface area contributed by atoms with Crippen molar-refractivity contribution in [3.63, 3.8) is 0 Å². The van der Waals surface area contributed by atoms with Gasteiger partial charge >= 0.3 is 0 Å². The summed E-state index contributed by atoms with van der Waals surface area (Å²) in [4.78, 5) is 14.4. The lowest BCUT2D eigenvalue weighted by molar-refractivity contribution is -0.119. The van der Waals surface area contributed by atoms with Crippen LogP contribution in [0.15, 0.2) is 24.3 Å². The molecule has 2 atom stereocenters. The number of para-hydroxylation sites is 2. The third-order valence-corrected chi connectivity index (χ3v) is 4.10. The van der Waals surface area contributed by atoms with Crippen LogP contribution in [0.2, 0.25) is 0 Å². The van der Waals surface area contributed by atoms with Crippen molar-refractivity contribution in [2.75, 3.05) is 11.4 Å². The fraction of sp³-hybridized carbons (Fsp3) is 0.562. The van der Waals surface area contributed by atoms with E-state index >= 15 is 0 Å². The number of nitrogens with zero attached hydrogens (tertiary/aromatic N) is 1. The van der Waals surface area contributed by atoms with Crippen LogP contribution in [0.1, 0.15) is 33.6 Å². The maximum atomic E-state index is 12.5. The zero-order valence-electron chi connectivity index (χ0n) is 11.8. The van der Waals surface area contributed by atoms with Gasteiger partial charge < -0.3 is 9.64 Å². The normalized spacial score (nSPS) is 27.4. The first-order chi connectivity index (χ1) is 8.96. The van der Waals surface area contributed by atoms with E-state index in [0.717, 1.165) is 11.4 Å². The first-order valence-electron chi connectivity index (χ1n) is 7.05. The Hall–Kier alpha value is -1.51. The molecule has 0 radical (unpaired) electrons. The lowest BCUT2D eigenvalue weighted by Crippen LogP contribution is -2.49. The number of ether oxygens (including phenoxy) is 1. The molecule has 102 valence electrons. The molecule has 1 fully saturated rings. The predicted molar refractivity (Wildman–Crippen MR) is 75.4 cm³/mol. The van der Waals surface area contributed by atoms with Gasteiger partial charge in [0.15, 0.2) is 0 Å². The highest BCUT2D eigenvalue weighted by atomic mass is 16.5. The number of fused-ring (bicyclic) bond motifs is 1. The second-order valence-electron chi connectivity index (χ2n) is 6.49. The van der Waals surface area contributed by atoms with Crippen LogP contribution in [0, 0.1) is 11.8 Å². The largest absolute Gasteiger partial charge is 0.484 e. The fourth-order valence-corrected chi connectivity index (χ4v) is 2.80. The summed E-state index contributed by atoms with van der Waals surface area (Å²) in [7, 11) is 0. The highest BCUT2D eigenvalue weighted by Crippen LogP contribution is 2.43. The van der Waals surface area contributed by atoms with Crippen molar-refractivity contribution in [2.24, 2.45) is 11.8 Å². The third-order valence-electron chi connectivity index (χ3n) is 4.10. The Balaban J connectivity index is 1.85. The Kier molecular flexibility index (Phi) is 2.80. The number of carbonyl (C=O) groups excluding carboxylic acids is 1. The lowest BCUT2D eigenvalue weighted by atomic mass is 10.0. The summed E-state index contributed by atoms with van der Waals surface area (Å²) < 4.78 is 5.95. The van der Waals surface area contributed by atoms with Gasteiger partial charge in [-0.25, -0.2) is 0 Å². The smallest absolute Gasteiger partial charge is 0.227 e. The summed E-state index contributed by atoms with van der Waals surface area (Å²) in [5.74, 6) is 2.35. The quantitative estimate of drug-likeness (QED) is 0.816. The lowest BCUT2D eigenvalue weighted by Gasteiger charge is -2.39. The van der Waals surface area contributed by atoms with Gasteiger partial charge in [-0.2, -0.15) is 0 Å². The Morgan fingerprint density at radius 1 is 1.42 bits per heavy atom. The topological polar surface area (TPSA) is 29.5 Å². The molecule has 1 aromatic rings. The second-order valence-corrected chi connectivity index (χ2v) is 6.49. The van der Waals surface area contributed by atoms with Crippen molar-refractivity contribution in [3.05, 3.63) is 24.3 Å². The first kappa shape index (κ1) is 12.5. The molecule has 1 heterocycles. The summed E-state index contributed by atoms with van der Waals surface area (Å²) in [6, 6.07) is 7.82. The standard InChI is InChI=1S/C16H21NO2/c1-11-8-12(11)9-15(18)17-10-16(2,3)19-14-7-5-4-6-13(14)17/h4-7,11-12H,8-10H2,1-3H3. The SMILES string of the molecule is CC1CC1CC(=O)N1CC(C)(C)Oc2ccccc21. The molecular formula is C16H21NO2. The molecule has 3 nitrogen and oxygen atoms in total. The minimum absolute atomic E-state index is 0.234. The molecule has 1 aromatic carbocycles. The van der Waals surface area contributed by atoms with Crippen molar-refractivity contribution in [3.8, 4) is 5.75 Å². The Bertz CT molecular complexity index is 509. The van der Waals surface area contributed by atoms with E-state index in [1.165, 1.54) is 6.42 Å². The molecule has 1 aliphatic heterocycles. The van der Waals surface area contributed by atoms with Crippen LogP contribution in [0.4, 0.5) is 5.69 Å². The third kappa shape index (κ3) is 2.46. The van der Waals surface area contributed by atoms with Crippen LogP contribution >= 0.6 is 0 Å². The van der Waals surface area contributed by atoms with Crippen molar-refractivity contribution in [1.82, 2.24) is 0 Å². The highest BCUT2D eigenvalue weighted by molar-refractivity contribution is 5.95. The van der Waals surface area contributed by atoms with Crippen LogP contribution < -0.4 is 9.64 Å². The highest BCUT2D eigenvalue weighted by Gasteiger charge is 2.39. The zero-order chi connectivity index (χ0) is 13.6. The molecule has 1 aliphatic carbocycles. The van der Waals surface area contributed by atoms with E-state index in [1.807, 2.05) is 43.0 Å². The van der Waals surface area contributed by atoms with Crippen LogP contribution in [-0.4, -0.2) is 18.1 Å². The minimum atomic E-state index is -0.320. The predicted octanol–water partition coefficient (Wildman–Crippen LogP) is 3.24.